The highest BCUT2D eigenvalue weighted by Crippen LogP contribution is 2.31. The first kappa shape index (κ1) is 24.2. The Kier molecular flexibility index (Phi) is 7.22. The molecule has 0 unspecified atom stereocenters. The summed E-state index contributed by atoms with van der Waals surface area (Å²) < 4.78 is 28.1. The predicted octanol–water partition coefficient (Wildman–Crippen LogP) is 6.03. The van der Waals surface area contributed by atoms with E-state index < -0.39 is 5.82 Å². The van der Waals surface area contributed by atoms with E-state index in [0.29, 0.717) is 37.0 Å². The molecule has 1 atom stereocenters. The summed E-state index contributed by atoms with van der Waals surface area (Å²) in [4.78, 5) is 16.2. The molecule has 0 amide bonds. The highest BCUT2D eigenvalue weighted by Gasteiger charge is 2.28. The van der Waals surface area contributed by atoms with E-state index >= 15 is 0 Å². The molecule has 0 saturated carbocycles. The van der Waals surface area contributed by atoms with Crippen LogP contribution in [-0.4, -0.2) is 48.7 Å². The van der Waals surface area contributed by atoms with Gasteiger partial charge < -0.3 is 14.7 Å². The molecule has 2 fully saturated rings. The van der Waals surface area contributed by atoms with Crippen LogP contribution in [0.25, 0.3) is 11.3 Å². The summed E-state index contributed by atoms with van der Waals surface area (Å²) >= 11 is 6.05. The first-order chi connectivity index (χ1) is 16.0. The molecule has 3 heterocycles. The number of aromatic nitrogens is 2. The highest BCUT2D eigenvalue weighted by atomic mass is 35.5. The molecule has 5 rings (SSSR count). The van der Waals surface area contributed by atoms with Crippen molar-refractivity contribution >= 4 is 29.1 Å². The summed E-state index contributed by atoms with van der Waals surface area (Å²) in [5.41, 5.74) is 2.10. The van der Waals surface area contributed by atoms with Gasteiger partial charge in [0.05, 0.1) is 16.4 Å². The van der Waals surface area contributed by atoms with Crippen molar-refractivity contribution in [3.8, 4) is 11.3 Å². The molecule has 0 bridgehead atoms. The summed E-state index contributed by atoms with van der Waals surface area (Å²) in [6, 6.07) is 13.6. The Morgan fingerprint density at radius 2 is 1.65 bits per heavy atom. The third-order valence-corrected chi connectivity index (χ3v) is 6.71. The van der Waals surface area contributed by atoms with Crippen molar-refractivity contribution < 1.29 is 8.78 Å². The number of hydrogen-bond donors (Lipinski definition) is 0. The Morgan fingerprint density at radius 1 is 0.882 bits per heavy atom. The van der Waals surface area contributed by atoms with Gasteiger partial charge in [0, 0.05) is 50.4 Å². The molecule has 0 radical (unpaired) electrons. The number of hydrogen-bond acceptors (Lipinski definition) is 5. The van der Waals surface area contributed by atoms with Crippen molar-refractivity contribution in [1.82, 2.24) is 9.97 Å². The molecule has 180 valence electrons. The van der Waals surface area contributed by atoms with E-state index in [1.807, 2.05) is 18.2 Å². The fourth-order valence-electron chi connectivity index (χ4n) is 4.66. The largest absolute Gasteiger partial charge is 0.365 e. The molecule has 8 heteroatoms. The van der Waals surface area contributed by atoms with Crippen LogP contribution in [0.2, 0.25) is 5.02 Å². The minimum atomic E-state index is -0.452. The maximum Gasteiger partial charge on any atom is 0.227 e. The minimum absolute atomic E-state index is 0. The van der Waals surface area contributed by atoms with E-state index in [0.717, 1.165) is 37.3 Å². The molecular formula is C26H30ClF2N5. The predicted molar refractivity (Wildman–Crippen MR) is 136 cm³/mol. The zero-order valence-corrected chi connectivity index (χ0v) is 19.3. The normalized spacial score (nSPS) is 18.2. The number of para-hydroxylation sites is 1. The van der Waals surface area contributed by atoms with Gasteiger partial charge in [0.1, 0.15) is 17.5 Å². The van der Waals surface area contributed by atoms with Crippen molar-refractivity contribution in [3.63, 3.8) is 0 Å². The second kappa shape index (κ2) is 10.1. The number of benzene rings is 2. The van der Waals surface area contributed by atoms with Crippen molar-refractivity contribution in [3.05, 3.63) is 65.2 Å². The molecule has 1 aromatic heterocycles. The van der Waals surface area contributed by atoms with E-state index in [1.165, 1.54) is 12.1 Å². The van der Waals surface area contributed by atoms with Crippen LogP contribution in [0.4, 0.5) is 26.2 Å². The third-order valence-electron chi connectivity index (χ3n) is 6.42. The first-order valence-corrected chi connectivity index (χ1v) is 11.7. The van der Waals surface area contributed by atoms with Crippen molar-refractivity contribution in [2.75, 3.05) is 47.4 Å². The van der Waals surface area contributed by atoms with Crippen LogP contribution >= 0.6 is 11.6 Å². The monoisotopic (exact) mass is 485 g/mol. The van der Waals surface area contributed by atoms with Crippen LogP contribution in [0, 0.1) is 11.6 Å². The Balaban J connectivity index is 0.00000274. The molecule has 2 aliphatic rings. The molecule has 34 heavy (non-hydrogen) atoms. The molecule has 2 saturated heterocycles. The van der Waals surface area contributed by atoms with Crippen molar-refractivity contribution in [2.24, 2.45) is 0 Å². The Bertz CT molecular complexity index is 1150. The van der Waals surface area contributed by atoms with Crippen LogP contribution < -0.4 is 14.7 Å². The highest BCUT2D eigenvalue weighted by molar-refractivity contribution is 6.31. The van der Waals surface area contributed by atoms with Crippen LogP contribution in [0.3, 0.4) is 0 Å². The fourth-order valence-corrected chi connectivity index (χ4v) is 4.84. The summed E-state index contributed by atoms with van der Waals surface area (Å²) in [6.45, 7) is 6.04. The molecule has 0 N–H and O–H groups in total. The SMILES string of the molecule is C.C[C@@H]1CN(c2ccccc2F)CCN1c1cc(-c2ccc(F)c(Cl)c2)nc(N2CCCC2)n1. The smallest absolute Gasteiger partial charge is 0.227 e. The van der Waals surface area contributed by atoms with Gasteiger partial charge in [-0.2, -0.15) is 4.98 Å². The van der Waals surface area contributed by atoms with Crippen molar-refractivity contribution in [1.29, 1.82) is 0 Å². The summed E-state index contributed by atoms with van der Waals surface area (Å²) in [5, 5.41) is 0.0715. The minimum Gasteiger partial charge on any atom is -0.365 e. The molecule has 5 nitrogen and oxygen atoms in total. The number of nitrogens with zero attached hydrogens (tertiary/aromatic N) is 5. The third kappa shape index (κ3) is 4.80. The average molecular weight is 486 g/mol. The average Bonchev–Trinajstić information content (AvgIpc) is 3.36. The lowest BCUT2D eigenvalue weighted by atomic mass is 10.1. The van der Waals surface area contributed by atoms with Gasteiger partial charge in [-0.05, 0) is 50.1 Å². The van der Waals surface area contributed by atoms with Crippen LogP contribution in [0.1, 0.15) is 27.2 Å². The van der Waals surface area contributed by atoms with E-state index in [9.17, 15) is 8.78 Å². The Morgan fingerprint density at radius 3 is 2.35 bits per heavy atom. The molecule has 0 spiro atoms. The topological polar surface area (TPSA) is 35.5 Å². The standard InChI is InChI=1S/C25H26ClF2N5.CH4/c1-17-16-32(23-7-3-2-6-21(23)28)12-13-33(17)24-15-22(18-8-9-20(27)19(26)14-18)29-25(30-24)31-10-4-5-11-31;/h2-3,6-9,14-15,17H,4-5,10-13,16H2,1H3;1H4/t17-;/m1./s1. The lowest BCUT2D eigenvalue weighted by Gasteiger charge is -2.42. The second-order valence-electron chi connectivity index (χ2n) is 8.67. The van der Waals surface area contributed by atoms with Gasteiger partial charge in [0.2, 0.25) is 5.95 Å². The van der Waals surface area contributed by atoms with E-state index in [1.54, 1.807) is 18.2 Å². The maximum absolute atomic E-state index is 14.3. The number of anilines is 3. The molecular weight excluding hydrogens is 456 g/mol. The van der Waals surface area contributed by atoms with E-state index in [4.69, 9.17) is 21.6 Å². The second-order valence-corrected chi connectivity index (χ2v) is 9.08. The number of rotatable bonds is 4. The van der Waals surface area contributed by atoms with Gasteiger partial charge in [0.15, 0.2) is 0 Å². The van der Waals surface area contributed by atoms with Crippen LogP contribution in [-0.2, 0) is 0 Å². The van der Waals surface area contributed by atoms with E-state index in [2.05, 4.69) is 21.6 Å². The fraction of sp³-hybridized carbons (Fsp3) is 0.385. The molecule has 3 aromatic rings. The first-order valence-electron chi connectivity index (χ1n) is 11.3. The summed E-state index contributed by atoms with van der Waals surface area (Å²) in [6.07, 6.45) is 2.23. The van der Waals surface area contributed by atoms with Crippen LogP contribution in [0.5, 0.6) is 0 Å². The van der Waals surface area contributed by atoms with E-state index in [-0.39, 0.29) is 24.3 Å². The van der Waals surface area contributed by atoms with Gasteiger partial charge >= 0.3 is 0 Å². The number of piperazine rings is 1. The quantitative estimate of drug-likeness (QED) is 0.451. The lowest BCUT2D eigenvalue weighted by Crippen LogP contribution is -2.52. The van der Waals surface area contributed by atoms with Gasteiger partial charge in [-0.15, -0.1) is 0 Å². The van der Waals surface area contributed by atoms with Crippen molar-refractivity contribution in [2.45, 2.75) is 33.2 Å². The maximum atomic E-state index is 14.3. The Labute approximate surface area is 205 Å². The Hall–Kier alpha value is -2.93. The summed E-state index contributed by atoms with van der Waals surface area (Å²) in [7, 11) is 0. The van der Waals surface area contributed by atoms with Crippen LogP contribution in [0.15, 0.2) is 48.5 Å². The van der Waals surface area contributed by atoms with Gasteiger partial charge in [0.25, 0.3) is 0 Å². The zero-order chi connectivity index (χ0) is 22.9. The van der Waals surface area contributed by atoms with Gasteiger partial charge in [-0.25, -0.2) is 13.8 Å². The lowest BCUT2D eigenvalue weighted by molar-refractivity contribution is 0.533. The molecule has 2 aliphatic heterocycles. The molecule has 0 aliphatic carbocycles. The zero-order valence-electron chi connectivity index (χ0n) is 18.5. The molecule has 2 aromatic carbocycles. The van der Waals surface area contributed by atoms with Gasteiger partial charge in [-0.3, -0.25) is 0 Å². The summed E-state index contributed by atoms with van der Waals surface area (Å²) in [5.74, 6) is 0.853. The number of halogens is 3. The van der Waals surface area contributed by atoms with Gasteiger partial charge in [-0.1, -0.05) is 31.2 Å².